The molecule has 4 heterocycles. The molecule has 2 amide bonds. The first kappa shape index (κ1) is 27.6. The molecule has 0 saturated carbocycles. The Kier molecular flexibility index (Phi) is 8.20. The van der Waals surface area contributed by atoms with Gasteiger partial charge < -0.3 is 28.7 Å². The van der Waals surface area contributed by atoms with E-state index in [1.54, 1.807) is 9.80 Å². The molecule has 0 aromatic carbocycles. The Balaban J connectivity index is 1.50. The molecule has 4 aliphatic heterocycles. The summed E-state index contributed by atoms with van der Waals surface area (Å²) in [6.07, 6.45) is 9.56. The first-order valence-electron chi connectivity index (χ1n) is 13.8. The van der Waals surface area contributed by atoms with Gasteiger partial charge in [-0.25, -0.2) is 0 Å². The zero-order chi connectivity index (χ0) is 26.0. The zero-order valence-corrected chi connectivity index (χ0v) is 23.0. The van der Waals surface area contributed by atoms with Crippen LogP contribution in [0.25, 0.3) is 0 Å². The van der Waals surface area contributed by atoms with Crippen molar-refractivity contribution < 1.29 is 28.5 Å². The second-order valence-electron chi connectivity index (χ2n) is 12.5. The minimum Gasteiger partial charge on any atom is -0.368 e. The number of epoxide rings is 4. The second kappa shape index (κ2) is 10.7. The Labute approximate surface area is 216 Å². The van der Waals surface area contributed by atoms with Crippen molar-refractivity contribution in [1.29, 1.82) is 0 Å². The van der Waals surface area contributed by atoms with E-state index in [0.29, 0.717) is 59.0 Å². The summed E-state index contributed by atoms with van der Waals surface area (Å²) < 4.78 is 22.4. The van der Waals surface area contributed by atoms with E-state index in [-0.39, 0.29) is 39.8 Å². The van der Waals surface area contributed by atoms with Gasteiger partial charge in [-0.3, -0.25) is 9.59 Å². The van der Waals surface area contributed by atoms with E-state index in [1.165, 1.54) is 25.7 Å². The quantitative estimate of drug-likeness (QED) is 0.0986. The van der Waals surface area contributed by atoms with Crippen molar-refractivity contribution in [2.24, 2.45) is 0 Å². The van der Waals surface area contributed by atoms with Gasteiger partial charge in [0.1, 0.15) is 28.0 Å². The molecule has 4 atom stereocenters. The normalized spacial score (nSPS) is 33.6. The first-order valence-corrected chi connectivity index (χ1v) is 13.8. The summed E-state index contributed by atoms with van der Waals surface area (Å²) in [4.78, 5) is 31.6. The number of hydrogen-bond acceptors (Lipinski definition) is 6. The summed E-state index contributed by atoms with van der Waals surface area (Å²) in [5.41, 5.74) is -1.14. The van der Waals surface area contributed by atoms with Gasteiger partial charge in [0.05, 0.1) is 52.6 Å². The number of hydrogen-bond donors (Lipinski definition) is 0. The van der Waals surface area contributed by atoms with Crippen LogP contribution in [0.2, 0.25) is 0 Å². The Hall–Kier alpha value is -1.48. The second-order valence-corrected chi connectivity index (χ2v) is 12.5. The zero-order valence-electron chi connectivity index (χ0n) is 23.0. The van der Waals surface area contributed by atoms with Crippen LogP contribution >= 0.6 is 0 Å². The van der Waals surface area contributed by atoms with E-state index >= 15 is 0 Å². The van der Waals surface area contributed by atoms with Gasteiger partial charge >= 0.3 is 0 Å². The molecule has 4 unspecified atom stereocenters. The lowest BCUT2D eigenvalue weighted by Gasteiger charge is -2.31. The number of unbranched alkanes of at least 4 members (excludes halogenated alkanes) is 6. The van der Waals surface area contributed by atoms with E-state index in [2.05, 4.69) is 6.92 Å². The average molecular weight is 507 g/mol. The van der Waals surface area contributed by atoms with Crippen LogP contribution in [-0.4, -0.2) is 96.6 Å². The number of carbonyl (C=O) groups is 2. The van der Waals surface area contributed by atoms with Gasteiger partial charge in [-0.05, 0) is 40.5 Å². The maximum absolute atomic E-state index is 14.0. The number of carbonyl (C=O) groups excluding carboxylic acids is 2. The monoisotopic (exact) mass is 506 g/mol. The third-order valence-corrected chi connectivity index (χ3v) is 7.59. The predicted molar refractivity (Wildman–Crippen MR) is 137 cm³/mol. The Morgan fingerprint density at radius 2 is 0.972 bits per heavy atom. The number of ether oxygens (including phenoxy) is 4. The molecule has 8 nitrogen and oxygen atoms in total. The topological polar surface area (TPSA) is 90.7 Å². The summed E-state index contributed by atoms with van der Waals surface area (Å²) in [7, 11) is 0. The molecule has 0 bridgehead atoms. The van der Waals surface area contributed by atoms with Crippen molar-refractivity contribution in [2.45, 2.75) is 102 Å². The van der Waals surface area contributed by atoms with Gasteiger partial charge in [0.25, 0.3) is 11.8 Å². The molecule has 36 heavy (non-hydrogen) atoms. The van der Waals surface area contributed by atoms with E-state index in [0.717, 1.165) is 12.8 Å². The highest BCUT2D eigenvalue weighted by Gasteiger charge is 2.50. The van der Waals surface area contributed by atoms with Gasteiger partial charge in [-0.2, -0.15) is 0 Å². The molecule has 0 aliphatic carbocycles. The van der Waals surface area contributed by atoms with Crippen LogP contribution in [0.15, 0.2) is 11.6 Å². The lowest BCUT2D eigenvalue weighted by atomic mass is 10.0. The molecule has 4 aliphatic rings. The third kappa shape index (κ3) is 8.01. The molecular formula is C28H46N2O6. The van der Waals surface area contributed by atoms with Crippen LogP contribution in [0.5, 0.6) is 0 Å². The molecule has 0 spiro atoms. The lowest BCUT2D eigenvalue weighted by molar-refractivity contribution is -0.136. The fraction of sp³-hybridized carbons (Fsp3) is 0.857. The van der Waals surface area contributed by atoms with Gasteiger partial charge in [-0.15, -0.1) is 0 Å². The Morgan fingerprint density at radius 1 is 0.639 bits per heavy atom. The van der Waals surface area contributed by atoms with Crippen LogP contribution in [0, 0.1) is 0 Å². The van der Waals surface area contributed by atoms with Gasteiger partial charge in [0, 0.05) is 0 Å². The molecule has 4 saturated heterocycles. The average Bonchev–Trinajstić information content (AvgIpc) is 3.66. The van der Waals surface area contributed by atoms with Crippen molar-refractivity contribution in [3.8, 4) is 0 Å². The molecular weight excluding hydrogens is 460 g/mol. The maximum atomic E-state index is 14.0. The molecule has 8 heteroatoms. The summed E-state index contributed by atoms with van der Waals surface area (Å²) in [5, 5.41) is 0. The molecule has 0 aromatic rings. The Morgan fingerprint density at radius 3 is 1.31 bits per heavy atom. The smallest absolute Gasteiger partial charge is 0.259 e. The highest BCUT2D eigenvalue weighted by molar-refractivity contribution is 6.18. The lowest BCUT2D eigenvalue weighted by Crippen LogP contribution is -2.49. The third-order valence-electron chi connectivity index (χ3n) is 7.59. The van der Waals surface area contributed by atoms with Crippen LogP contribution in [0.3, 0.4) is 0 Å². The van der Waals surface area contributed by atoms with Crippen molar-refractivity contribution in [2.75, 3.05) is 52.6 Å². The summed E-state index contributed by atoms with van der Waals surface area (Å²) in [5.74, 6) is -0.457. The highest BCUT2D eigenvalue weighted by Crippen LogP contribution is 2.34. The predicted octanol–water partition coefficient (Wildman–Crippen LogP) is 3.48. The Bertz CT molecular complexity index is 741. The van der Waals surface area contributed by atoms with E-state index < -0.39 is 0 Å². The fourth-order valence-electron chi connectivity index (χ4n) is 4.65. The molecule has 4 fully saturated rings. The minimum atomic E-state index is -0.349. The number of rotatable bonds is 17. The summed E-state index contributed by atoms with van der Waals surface area (Å²) in [6, 6.07) is 0. The molecule has 0 N–H and O–H groups in total. The van der Waals surface area contributed by atoms with Gasteiger partial charge in [0.2, 0.25) is 0 Å². The first-order chi connectivity index (χ1) is 17.0. The highest BCUT2D eigenvalue weighted by atomic mass is 16.6. The van der Waals surface area contributed by atoms with Gasteiger partial charge in [0.15, 0.2) is 0 Å². The van der Waals surface area contributed by atoms with Crippen molar-refractivity contribution in [3.05, 3.63) is 11.6 Å². The number of nitrogens with zero attached hydrogens (tertiary/aromatic N) is 2. The molecule has 4 rings (SSSR count). The van der Waals surface area contributed by atoms with E-state index in [1.807, 2.05) is 33.8 Å². The van der Waals surface area contributed by atoms with Gasteiger partial charge in [-0.1, -0.05) is 45.1 Å². The van der Waals surface area contributed by atoms with Crippen LogP contribution in [0.1, 0.15) is 79.6 Å². The fourth-order valence-corrected chi connectivity index (χ4v) is 4.65. The molecule has 0 aromatic heterocycles. The number of allylic oxidation sites excluding steroid dienone is 1. The van der Waals surface area contributed by atoms with Crippen LogP contribution in [-0.2, 0) is 28.5 Å². The standard InChI is InChI=1S/C28H46N2O6/c1-6-7-8-9-10-11-12-13-22(23(31)29(14-25(2)18-33-25)15-26(3)19-34-26)24(32)30(16-27(4)20-35-27)17-28(5)21-36-28/h13H,6-12,14-21H2,1-5H3. The minimum absolute atomic E-state index is 0.229. The van der Waals surface area contributed by atoms with E-state index in [4.69, 9.17) is 18.9 Å². The maximum Gasteiger partial charge on any atom is 0.259 e. The largest absolute Gasteiger partial charge is 0.368 e. The van der Waals surface area contributed by atoms with Crippen molar-refractivity contribution in [3.63, 3.8) is 0 Å². The SMILES string of the molecule is CCCCCCCCC=C(C(=O)N(CC1(C)CO1)CC1(C)CO1)C(=O)N(CC1(C)CO1)CC1(C)CO1. The summed E-state index contributed by atoms with van der Waals surface area (Å²) >= 11 is 0. The van der Waals surface area contributed by atoms with Crippen LogP contribution < -0.4 is 0 Å². The number of amides is 2. The summed E-state index contributed by atoms with van der Waals surface area (Å²) in [6.45, 7) is 14.5. The van der Waals surface area contributed by atoms with Crippen molar-refractivity contribution >= 4 is 11.8 Å². The van der Waals surface area contributed by atoms with E-state index in [9.17, 15) is 9.59 Å². The molecule has 0 radical (unpaired) electrons. The van der Waals surface area contributed by atoms with Crippen LogP contribution in [0.4, 0.5) is 0 Å². The van der Waals surface area contributed by atoms with Crippen molar-refractivity contribution in [1.82, 2.24) is 9.80 Å². The molecule has 204 valence electrons.